The standard InChI is InChI=1S/C18H16Cl2N4O2/c1-23-13-7-9(19)3-5-11(13)21-17(23)15(25)16(26)18-22-12-6-4-10(20)8-14(12)24(18)2/h3-8,15-16,25-26H,1-2H3. The smallest absolute Gasteiger partial charge is 0.145 e. The number of hydrogen-bond acceptors (Lipinski definition) is 4. The molecule has 0 amide bonds. The van der Waals surface area contributed by atoms with Gasteiger partial charge in [0.15, 0.2) is 0 Å². The van der Waals surface area contributed by atoms with Crippen molar-refractivity contribution in [2.75, 3.05) is 0 Å². The van der Waals surface area contributed by atoms with Crippen LogP contribution in [0.4, 0.5) is 0 Å². The van der Waals surface area contributed by atoms with Crippen LogP contribution in [0.3, 0.4) is 0 Å². The molecule has 4 aromatic rings. The first-order valence-corrected chi connectivity index (χ1v) is 8.72. The Morgan fingerprint density at radius 2 is 1.15 bits per heavy atom. The summed E-state index contributed by atoms with van der Waals surface area (Å²) in [6, 6.07) is 10.6. The van der Waals surface area contributed by atoms with Gasteiger partial charge in [0.05, 0.1) is 22.1 Å². The van der Waals surface area contributed by atoms with E-state index in [-0.39, 0.29) is 0 Å². The Bertz CT molecular complexity index is 1050. The summed E-state index contributed by atoms with van der Waals surface area (Å²) in [7, 11) is 3.54. The number of aliphatic hydroxyl groups excluding tert-OH is 2. The van der Waals surface area contributed by atoms with Crippen LogP contribution in [0.15, 0.2) is 36.4 Å². The molecule has 0 saturated heterocycles. The highest BCUT2D eigenvalue weighted by atomic mass is 35.5. The molecule has 0 radical (unpaired) electrons. The molecule has 0 aliphatic rings. The molecule has 0 aliphatic carbocycles. The first-order chi connectivity index (χ1) is 12.4. The molecule has 2 unspecified atom stereocenters. The highest BCUT2D eigenvalue weighted by molar-refractivity contribution is 6.31. The van der Waals surface area contributed by atoms with Gasteiger partial charge < -0.3 is 19.3 Å². The average molecular weight is 391 g/mol. The van der Waals surface area contributed by atoms with E-state index < -0.39 is 12.2 Å². The predicted octanol–water partition coefficient (Wildman–Crippen LogP) is 3.53. The summed E-state index contributed by atoms with van der Waals surface area (Å²) >= 11 is 12.1. The summed E-state index contributed by atoms with van der Waals surface area (Å²) in [6.45, 7) is 0. The van der Waals surface area contributed by atoms with E-state index in [9.17, 15) is 10.2 Å². The lowest BCUT2D eigenvalue weighted by Gasteiger charge is -2.17. The summed E-state index contributed by atoms with van der Waals surface area (Å²) in [5.41, 5.74) is 2.93. The fraction of sp³-hybridized carbons (Fsp3) is 0.222. The van der Waals surface area contributed by atoms with Gasteiger partial charge in [-0.25, -0.2) is 9.97 Å². The van der Waals surface area contributed by atoms with Crippen molar-refractivity contribution in [2.45, 2.75) is 12.2 Å². The summed E-state index contributed by atoms with van der Waals surface area (Å²) in [6.07, 6.45) is -2.51. The molecule has 2 N–H and O–H groups in total. The van der Waals surface area contributed by atoms with Crippen LogP contribution in [0.1, 0.15) is 23.9 Å². The van der Waals surface area contributed by atoms with E-state index in [4.69, 9.17) is 23.2 Å². The third kappa shape index (κ3) is 2.66. The Labute approximate surface area is 159 Å². The second-order valence-corrected chi connectivity index (χ2v) is 7.09. The lowest BCUT2D eigenvalue weighted by Crippen LogP contribution is -2.17. The first-order valence-electron chi connectivity index (χ1n) is 7.96. The van der Waals surface area contributed by atoms with Crippen molar-refractivity contribution in [1.82, 2.24) is 19.1 Å². The highest BCUT2D eigenvalue weighted by Crippen LogP contribution is 2.32. The number of nitrogens with zero attached hydrogens (tertiary/aromatic N) is 4. The van der Waals surface area contributed by atoms with Crippen molar-refractivity contribution < 1.29 is 10.2 Å². The molecule has 0 fully saturated rings. The molecule has 2 aromatic heterocycles. The maximum atomic E-state index is 10.8. The summed E-state index contributed by atoms with van der Waals surface area (Å²) in [5.74, 6) is 0.666. The van der Waals surface area contributed by atoms with Gasteiger partial charge in [-0.05, 0) is 36.4 Å². The van der Waals surface area contributed by atoms with E-state index in [1.807, 2.05) is 0 Å². The van der Waals surface area contributed by atoms with E-state index in [0.717, 1.165) is 11.0 Å². The first kappa shape index (κ1) is 17.3. The molecule has 2 heterocycles. The minimum atomic E-state index is -1.25. The van der Waals surface area contributed by atoms with Gasteiger partial charge in [0.25, 0.3) is 0 Å². The topological polar surface area (TPSA) is 76.1 Å². The molecule has 26 heavy (non-hydrogen) atoms. The molecular formula is C18H16Cl2N4O2. The fourth-order valence-electron chi connectivity index (χ4n) is 3.17. The Hall–Kier alpha value is -2.12. The molecule has 0 aliphatic heterocycles. The number of hydrogen-bond donors (Lipinski definition) is 2. The summed E-state index contributed by atoms with van der Waals surface area (Å²) in [4.78, 5) is 8.87. The number of imidazole rings is 2. The maximum absolute atomic E-state index is 10.8. The van der Waals surface area contributed by atoms with Crippen molar-refractivity contribution in [2.24, 2.45) is 14.1 Å². The Kier molecular flexibility index (Phi) is 4.16. The molecule has 6 nitrogen and oxygen atoms in total. The SMILES string of the molecule is Cn1c(C(O)C(O)c2nc3ccc(Cl)cc3n2C)nc2ccc(Cl)cc21. The average Bonchev–Trinajstić information content (AvgIpc) is 3.12. The van der Waals surface area contributed by atoms with Gasteiger partial charge in [0.2, 0.25) is 0 Å². The van der Waals surface area contributed by atoms with Crippen molar-refractivity contribution in [3.05, 3.63) is 58.1 Å². The van der Waals surface area contributed by atoms with Crippen LogP contribution in [0.5, 0.6) is 0 Å². The van der Waals surface area contributed by atoms with Crippen LogP contribution >= 0.6 is 23.2 Å². The fourth-order valence-corrected chi connectivity index (χ4v) is 3.51. The molecule has 0 spiro atoms. The second-order valence-electron chi connectivity index (χ2n) is 6.21. The van der Waals surface area contributed by atoms with E-state index in [2.05, 4.69) is 9.97 Å². The van der Waals surface area contributed by atoms with Crippen molar-refractivity contribution in [3.63, 3.8) is 0 Å². The van der Waals surface area contributed by atoms with Gasteiger partial charge >= 0.3 is 0 Å². The van der Waals surface area contributed by atoms with E-state index >= 15 is 0 Å². The minimum Gasteiger partial charge on any atom is -0.382 e. The molecule has 4 rings (SSSR count). The van der Waals surface area contributed by atoms with Gasteiger partial charge in [0.1, 0.15) is 23.9 Å². The van der Waals surface area contributed by atoms with Crippen LogP contribution in [-0.4, -0.2) is 29.3 Å². The molecule has 8 heteroatoms. The number of aryl methyl sites for hydroxylation is 2. The number of halogens is 2. The molecule has 0 bridgehead atoms. The van der Waals surface area contributed by atoms with Gasteiger partial charge in [-0.2, -0.15) is 0 Å². The number of aliphatic hydroxyl groups is 2. The predicted molar refractivity (Wildman–Crippen MR) is 101 cm³/mol. The zero-order valence-electron chi connectivity index (χ0n) is 14.1. The Balaban J connectivity index is 1.78. The molecular weight excluding hydrogens is 375 g/mol. The minimum absolute atomic E-state index is 0.333. The van der Waals surface area contributed by atoms with Crippen LogP contribution in [0, 0.1) is 0 Å². The van der Waals surface area contributed by atoms with Crippen LogP contribution in [0.25, 0.3) is 22.1 Å². The molecule has 2 atom stereocenters. The normalized spacial score (nSPS) is 14.2. The van der Waals surface area contributed by atoms with Crippen LogP contribution in [0.2, 0.25) is 10.0 Å². The molecule has 134 valence electrons. The monoisotopic (exact) mass is 390 g/mol. The lowest BCUT2D eigenvalue weighted by molar-refractivity contribution is 0.00394. The number of fused-ring (bicyclic) bond motifs is 2. The lowest BCUT2D eigenvalue weighted by atomic mass is 10.2. The van der Waals surface area contributed by atoms with Gasteiger partial charge in [-0.3, -0.25) is 0 Å². The van der Waals surface area contributed by atoms with Crippen LogP contribution in [-0.2, 0) is 14.1 Å². The van der Waals surface area contributed by atoms with E-state index in [0.29, 0.717) is 32.7 Å². The number of benzene rings is 2. The summed E-state index contributed by atoms with van der Waals surface area (Å²) < 4.78 is 3.43. The molecule has 0 saturated carbocycles. The third-order valence-electron chi connectivity index (χ3n) is 4.58. The highest BCUT2D eigenvalue weighted by Gasteiger charge is 2.29. The largest absolute Gasteiger partial charge is 0.382 e. The van der Waals surface area contributed by atoms with E-state index in [1.165, 1.54) is 0 Å². The van der Waals surface area contributed by atoms with Crippen LogP contribution < -0.4 is 0 Å². The second kappa shape index (κ2) is 6.25. The van der Waals surface area contributed by atoms with Crippen molar-refractivity contribution in [3.8, 4) is 0 Å². The summed E-state index contributed by atoms with van der Waals surface area (Å²) in [5, 5.41) is 22.7. The quantitative estimate of drug-likeness (QED) is 0.560. The molecule has 2 aromatic carbocycles. The Morgan fingerprint density at radius 3 is 1.54 bits per heavy atom. The Morgan fingerprint density at radius 1 is 0.769 bits per heavy atom. The third-order valence-corrected chi connectivity index (χ3v) is 5.05. The zero-order valence-corrected chi connectivity index (χ0v) is 15.6. The van der Waals surface area contributed by atoms with Gasteiger partial charge in [-0.15, -0.1) is 0 Å². The van der Waals surface area contributed by atoms with Gasteiger partial charge in [-0.1, -0.05) is 23.2 Å². The zero-order chi connectivity index (χ0) is 18.6. The maximum Gasteiger partial charge on any atom is 0.145 e. The number of aromatic nitrogens is 4. The van der Waals surface area contributed by atoms with Crippen molar-refractivity contribution in [1.29, 1.82) is 0 Å². The van der Waals surface area contributed by atoms with Gasteiger partial charge in [0, 0.05) is 24.1 Å². The van der Waals surface area contributed by atoms with Crippen molar-refractivity contribution >= 4 is 45.3 Å². The van der Waals surface area contributed by atoms with E-state index in [1.54, 1.807) is 59.6 Å². The number of rotatable bonds is 3.